The van der Waals surface area contributed by atoms with Crippen LogP contribution in [-0.4, -0.2) is 171 Å². The molecule has 62 heavy (non-hydrogen) atoms. The fraction of sp³-hybridized carbons (Fsp3) is 0.851. The van der Waals surface area contributed by atoms with Crippen molar-refractivity contribution in [3.63, 3.8) is 0 Å². The number of unbranched alkanes of at least 4 members (excludes halogenated alkanes) is 12. The minimum Gasteiger partial charge on any atom is -0.491 e. The molecule has 0 aromatic heterocycles. The van der Waals surface area contributed by atoms with E-state index in [9.17, 15) is 4.79 Å². The van der Waals surface area contributed by atoms with E-state index in [0.29, 0.717) is 159 Å². The first-order chi connectivity index (χ1) is 30.7. The van der Waals surface area contributed by atoms with Crippen LogP contribution in [0.5, 0.6) is 5.75 Å². The summed E-state index contributed by atoms with van der Waals surface area (Å²) in [7, 11) is 0. The van der Waals surface area contributed by atoms with Crippen LogP contribution in [-0.2, 0) is 61.6 Å². The Balaban J connectivity index is 1.62. The van der Waals surface area contributed by atoms with Gasteiger partial charge >= 0.3 is 0 Å². The lowest BCUT2D eigenvalue weighted by Crippen LogP contribution is -2.15. The van der Waals surface area contributed by atoms with Crippen molar-refractivity contribution < 1.29 is 66.4 Å². The highest BCUT2D eigenvalue weighted by Gasteiger charge is 2.00. The van der Waals surface area contributed by atoms with Crippen LogP contribution < -0.4 is 10.1 Å². The van der Waals surface area contributed by atoms with Gasteiger partial charge < -0.3 is 66.9 Å². The lowest BCUT2D eigenvalue weighted by molar-refractivity contribution is -0.114. The van der Waals surface area contributed by atoms with Crippen LogP contribution in [0.25, 0.3) is 0 Å². The molecule has 0 unspecified atom stereocenters. The number of amides is 1. The van der Waals surface area contributed by atoms with Crippen molar-refractivity contribution in [2.24, 2.45) is 0 Å². The zero-order valence-electron chi connectivity index (χ0n) is 38.9. The van der Waals surface area contributed by atoms with Crippen LogP contribution in [0.3, 0.4) is 0 Å². The van der Waals surface area contributed by atoms with E-state index in [4.69, 9.17) is 61.6 Å². The molecule has 0 aliphatic carbocycles. The summed E-state index contributed by atoms with van der Waals surface area (Å²) in [6.07, 6.45) is 17.7. The first-order valence-electron chi connectivity index (χ1n) is 23.7. The van der Waals surface area contributed by atoms with Gasteiger partial charge in [0.05, 0.1) is 152 Å². The first-order valence-corrected chi connectivity index (χ1v) is 23.7. The van der Waals surface area contributed by atoms with E-state index in [1.165, 1.54) is 84.0 Å². The molecule has 0 atom stereocenters. The Hall–Kier alpha value is -1.99. The van der Waals surface area contributed by atoms with Gasteiger partial charge in [0.15, 0.2) is 0 Å². The van der Waals surface area contributed by atoms with Gasteiger partial charge in [-0.2, -0.15) is 0 Å². The van der Waals surface area contributed by atoms with E-state index < -0.39 is 0 Å². The summed E-state index contributed by atoms with van der Waals surface area (Å²) >= 11 is 0. The predicted octanol–water partition coefficient (Wildman–Crippen LogP) is 7.31. The van der Waals surface area contributed by atoms with Crippen molar-refractivity contribution in [1.29, 1.82) is 0 Å². The van der Waals surface area contributed by atoms with Crippen molar-refractivity contribution in [2.45, 2.75) is 97.3 Å². The van der Waals surface area contributed by atoms with Crippen molar-refractivity contribution in [1.82, 2.24) is 0 Å². The highest BCUT2D eigenvalue weighted by Crippen LogP contribution is 2.16. The normalized spacial score (nSPS) is 11.5. The van der Waals surface area contributed by atoms with Gasteiger partial charge in [0, 0.05) is 19.2 Å². The quantitative estimate of drug-likeness (QED) is 0.0652. The molecular weight excluding hydrogens is 803 g/mol. The number of hydrogen-bond acceptors (Lipinski definition) is 14. The molecule has 0 fully saturated rings. The molecular formula is C47H87NO14. The Morgan fingerprint density at radius 3 is 0.855 bits per heavy atom. The maximum atomic E-state index is 11.1. The van der Waals surface area contributed by atoms with Crippen LogP contribution in [0.2, 0.25) is 0 Å². The monoisotopic (exact) mass is 890 g/mol. The third-order valence-electron chi connectivity index (χ3n) is 9.16. The number of hydrogen-bond donors (Lipinski definition) is 1. The fourth-order valence-corrected chi connectivity index (χ4v) is 5.80. The Bertz CT molecular complexity index is 1030. The summed E-state index contributed by atoms with van der Waals surface area (Å²) in [5.74, 6) is 0.610. The molecule has 15 nitrogen and oxygen atoms in total. The average Bonchev–Trinajstić information content (AvgIpc) is 3.27. The molecule has 1 rings (SSSR count). The third-order valence-corrected chi connectivity index (χ3v) is 9.16. The third kappa shape index (κ3) is 46.0. The largest absolute Gasteiger partial charge is 0.491 e. The van der Waals surface area contributed by atoms with Crippen LogP contribution >= 0.6 is 0 Å². The van der Waals surface area contributed by atoms with E-state index in [0.717, 1.165) is 24.5 Å². The summed E-state index contributed by atoms with van der Waals surface area (Å²) < 4.78 is 72.1. The van der Waals surface area contributed by atoms with Gasteiger partial charge in [-0.15, -0.1) is 0 Å². The van der Waals surface area contributed by atoms with Crippen molar-refractivity contribution in [3.05, 3.63) is 24.3 Å². The van der Waals surface area contributed by atoms with Gasteiger partial charge in [0.2, 0.25) is 5.91 Å². The van der Waals surface area contributed by atoms with Gasteiger partial charge in [0.1, 0.15) is 12.4 Å². The molecule has 1 N–H and O–H groups in total. The zero-order valence-corrected chi connectivity index (χ0v) is 38.9. The van der Waals surface area contributed by atoms with Gasteiger partial charge in [-0.25, -0.2) is 0 Å². The van der Waals surface area contributed by atoms with Gasteiger partial charge in [0.25, 0.3) is 0 Å². The van der Waals surface area contributed by atoms with E-state index in [2.05, 4.69) is 12.2 Å². The number of ether oxygens (including phenoxy) is 13. The summed E-state index contributed by atoms with van der Waals surface area (Å²) in [5.41, 5.74) is 0.732. The fourth-order valence-electron chi connectivity index (χ4n) is 5.80. The average molecular weight is 890 g/mol. The Labute approximate surface area is 375 Å². The number of carbonyl (C=O) groups excluding carboxylic acids is 1. The summed E-state index contributed by atoms with van der Waals surface area (Å²) in [4.78, 5) is 11.1. The highest BCUT2D eigenvalue weighted by molar-refractivity contribution is 5.88. The molecule has 0 aliphatic heterocycles. The molecule has 0 bridgehead atoms. The van der Waals surface area contributed by atoms with Crippen LogP contribution in [0.1, 0.15) is 97.3 Å². The lowest BCUT2D eigenvalue weighted by Gasteiger charge is -2.09. The number of nitrogens with one attached hydrogen (secondary N) is 1. The van der Waals surface area contributed by atoms with E-state index in [1.807, 2.05) is 0 Å². The summed E-state index contributed by atoms with van der Waals surface area (Å²) in [6.45, 7) is 16.9. The SMILES string of the molecule is CCCCCCCCCCCCCCCOCCOCCOCCOCCOCCOCCOCCOCCOCCOCCOCCOCCOc1ccc(NC(C)=O)cc1. The predicted molar refractivity (Wildman–Crippen MR) is 242 cm³/mol. The van der Waals surface area contributed by atoms with E-state index >= 15 is 0 Å². The minimum absolute atomic E-state index is 0.108. The molecule has 0 spiro atoms. The second-order valence-corrected chi connectivity index (χ2v) is 14.6. The van der Waals surface area contributed by atoms with Crippen LogP contribution in [0.4, 0.5) is 5.69 Å². The molecule has 1 aromatic rings. The Kier molecular flexibility index (Phi) is 46.8. The number of rotatable bonds is 52. The molecule has 0 aliphatic rings. The molecule has 0 saturated heterocycles. The van der Waals surface area contributed by atoms with E-state index in [1.54, 1.807) is 24.3 Å². The summed E-state index contributed by atoms with van der Waals surface area (Å²) in [6, 6.07) is 7.19. The lowest BCUT2D eigenvalue weighted by atomic mass is 10.0. The molecule has 0 heterocycles. The maximum Gasteiger partial charge on any atom is 0.221 e. The molecule has 1 amide bonds. The molecule has 0 saturated carbocycles. The number of benzene rings is 1. The van der Waals surface area contributed by atoms with Crippen molar-refractivity contribution in [3.8, 4) is 5.75 Å². The Morgan fingerprint density at radius 2 is 0.581 bits per heavy atom. The van der Waals surface area contributed by atoms with Crippen molar-refractivity contribution >= 4 is 11.6 Å². The maximum absolute atomic E-state index is 11.1. The summed E-state index contributed by atoms with van der Waals surface area (Å²) in [5, 5.41) is 2.71. The van der Waals surface area contributed by atoms with Crippen LogP contribution in [0.15, 0.2) is 24.3 Å². The van der Waals surface area contributed by atoms with Crippen molar-refractivity contribution in [2.75, 3.05) is 170 Å². The highest BCUT2D eigenvalue weighted by atomic mass is 16.6. The number of carbonyl (C=O) groups is 1. The topological polar surface area (TPSA) is 149 Å². The smallest absolute Gasteiger partial charge is 0.221 e. The van der Waals surface area contributed by atoms with Gasteiger partial charge in [-0.05, 0) is 30.7 Å². The van der Waals surface area contributed by atoms with Gasteiger partial charge in [-0.1, -0.05) is 84.0 Å². The van der Waals surface area contributed by atoms with Crippen LogP contribution in [0, 0.1) is 0 Å². The second kappa shape index (κ2) is 50.0. The molecule has 364 valence electrons. The van der Waals surface area contributed by atoms with E-state index in [-0.39, 0.29) is 5.91 Å². The zero-order chi connectivity index (χ0) is 44.3. The van der Waals surface area contributed by atoms with Gasteiger partial charge in [-0.3, -0.25) is 4.79 Å². The molecule has 0 radical (unpaired) electrons. The minimum atomic E-state index is -0.108. The Morgan fingerprint density at radius 1 is 0.339 bits per heavy atom. The molecule has 1 aromatic carbocycles. The standard InChI is InChI=1S/C47H87NO14/c1-3-4-5-6-7-8-9-10-11-12-13-14-15-20-50-21-22-51-23-24-52-25-26-53-27-28-54-29-30-55-31-32-56-33-34-57-35-36-58-37-38-59-39-40-60-41-42-61-43-44-62-47-18-16-46(17-19-47)48-45(2)49/h16-19H,3-15,20-44H2,1-2H3,(H,48,49). The second-order valence-electron chi connectivity index (χ2n) is 14.6. The first kappa shape index (κ1) is 58.0. The molecule has 15 heteroatoms. The number of anilines is 1.